The van der Waals surface area contributed by atoms with Crippen molar-refractivity contribution in [2.75, 3.05) is 0 Å². The number of aromatic nitrogens is 4. The van der Waals surface area contributed by atoms with Gasteiger partial charge in [0, 0.05) is 34.8 Å². The molecule has 0 amide bonds. The summed E-state index contributed by atoms with van der Waals surface area (Å²) in [7, 11) is 1.88. The van der Waals surface area contributed by atoms with E-state index >= 15 is 0 Å². The Morgan fingerprint density at radius 3 is 2.94 bits per heavy atom. The third-order valence-electron chi connectivity index (χ3n) is 2.72. The van der Waals surface area contributed by atoms with Crippen molar-refractivity contribution in [1.29, 1.82) is 0 Å². The first-order valence-corrected chi connectivity index (χ1v) is 6.11. The minimum absolute atomic E-state index is 0.749. The lowest BCUT2D eigenvalue weighted by molar-refractivity contribution is 0.711. The van der Waals surface area contributed by atoms with Gasteiger partial charge in [0.1, 0.15) is 5.69 Å². The number of hydrogen-bond acceptors (Lipinski definition) is 2. The van der Waals surface area contributed by atoms with Crippen LogP contribution in [0.1, 0.15) is 5.69 Å². The molecule has 5 heteroatoms. The number of nitrogens with zero attached hydrogens (tertiary/aromatic N) is 4. The maximum absolute atomic E-state index is 4.10. The van der Waals surface area contributed by atoms with Gasteiger partial charge in [0.05, 0.1) is 6.54 Å². The molecule has 0 radical (unpaired) electrons. The van der Waals surface area contributed by atoms with Crippen LogP contribution < -0.4 is 0 Å². The minimum atomic E-state index is 0.749. The van der Waals surface area contributed by atoms with Crippen LogP contribution >= 0.6 is 15.9 Å². The molecule has 86 valence electrons. The Morgan fingerprint density at radius 2 is 2.18 bits per heavy atom. The molecule has 0 unspecified atom stereocenters. The summed E-state index contributed by atoms with van der Waals surface area (Å²) in [6, 6.07) is 8.38. The van der Waals surface area contributed by atoms with E-state index in [-0.39, 0.29) is 0 Å². The van der Waals surface area contributed by atoms with Crippen molar-refractivity contribution in [2.24, 2.45) is 7.05 Å². The molecule has 0 N–H and O–H groups in total. The van der Waals surface area contributed by atoms with E-state index in [0.717, 1.165) is 16.7 Å². The number of halogens is 1. The molecule has 2 aromatic heterocycles. The fraction of sp³-hybridized carbons (Fsp3) is 0.167. The van der Waals surface area contributed by atoms with Crippen LogP contribution in [0, 0.1) is 0 Å². The van der Waals surface area contributed by atoms with Crippen LogP contribution in [0.2, 0.25) is 0 Å². The summed E-state index contributed by atoms with van der Waals surface area (Å²) in [5.41, 5.74) is 2.17. The van der Waals surface area contributed by atoms with Crippen molar-refractivity contribution in [3.8, 4) is 0 Å². The minimum Gasteiger partial charge on any atom is -0.341 e. The molecule has 4 nitrogen and oxygen atoms in total. The van der Waals surface area contributed by atoms with Crippen molar-refractivity contribution >= 4 is 26.8 Å². The molecule has 0 fully saturated rings. The average Bonchev–Trinajstić information content (AvgIpc) is 2.86. The van der Waals surface area contributed by atoms with Gasteiger partial charge in [0.2, 0.25) is 0 Å². The van der Waals surface area contributed by atoms with E-state index in [1.165, 1.54) is 10.9 Å². The normalized spacial score (nSPS) is 11.2. The van der Waals surface area contributed by atoms with Gasteiger partial charge < -0.3 is 4.57 Å². The van der Waals surface area contributed by atoms with Gasteiger partial charge in [-0.15, -0.1) is 5.10 Å². The standard InChI is InChI=1S/C12H11BrN4/c1-16-7-11(14-15-16)8-17-5-4-9-6-10(13)2-3-12(9)17/h2-7H,8H2,1H3. The van der Waals surface area contributed by atoms with Crippen LogP contribution in [0.25, 0.3) is 10.9 Å². The van der Waals surface area contributed by atoms with Crippen molar-refractivity contribution in [3.05, 3.63) is 46.8 Å². The van der Waals surface area contributed by atoms with Crippen molar-refractivity contribution in [3.63, 3.8) is 0 Å². The van der Waals surface area contributed by atoms with Crippen LogP contribution in [0.5, 0.6) is 0 Å². The molecule has 0 aliphatic rings. The smallest absolute Gasteiger partial charge is 0.102 e. The molecular formula is C12H11BrN4. The zero-order chi connectivity index (χ0) is 11.8. The summed E-state index contributed by atoms with van der Waals surface area (Å²) in [5.74, 6) is 0. The zero-order valence-electron chi connectivity index (χ0n) is 9.34. The summed E-state index contributed by atoms with van der Waals surface area (Å²) < 4.78 is 4.99. The van der Waals surface area contributed by atoms with E-state index in [1.807, 2.05) is 13.2 Å². The molecule has 3 aromatic rings. The van der Waals surface area contributed by atoms with E-state index in [1.54, 1.807) is 4.68 Å². The highest BCUT2D eigenvalue weighted by Gasteiger charge is 2.04. The van der Waals surface area contributed by atoms with Gasteiger partial charge in [-0.3, -0.25) is 4.68 Å². The number of hydrogen-bond donors (Lipinski definition) is 0. The Kier molecular flexibility index (Phi) is 2.48. The Bertz CT molecular complexity index is 668. The SMILES string of the molecule is Cn1cc(Cn2ccc3cc(Br)ccc32)nn1. The van der Waals surface area contributed by atoms with Gasteiger partial charge in [-0.25, -0.2) is 0 Å². The second-order valence-corrected chi connectivity index (χ2v) is 4.95. The van der Waals surface area contributed by atoms with E-state index in [0.29, 0.717) is 0 Å². The third-order valence-corrected chi connectivity index (χ3v) is 3.21. The van der Waals surface area contributed by atoms with Crippen molar-refractivity contribution in [1.82, 2.24) is 19.6 Å². The summed E-state index contributed by atoms with van der Waals surface area (Å²) in [6.07, 6.45) is 4.01. The second kappa shape index (κ2) is 4.00. The van der Waals surface area contributed by atoms with Gasteiger partial charge in [-0.05, 0) is 24.3 Å². The number of benzene rings is 1. The van der Waals surface area contributed by atoms with Gasteiger partial charge in [0.25, 0.3) is 0 Å². The number of rotatable bonds is 2. The first-order chi connectivity index (χ1) is 8.22. The molecule has 0 atom stereocenters. The van der Waals surface area contributed by atoms with Crippen LogP contribution in [0.4, 0.5) is 0 Å². The molecule has 17 heavy (non-hydrogen) atoms. The highest BCUT2D eigenvalue weighted by atomic mass is 79.9. The van der Waals surface area contributed by atoms with Crippen LogP contribution in [-0.4, -0.2) is 19.6 Å². The molecule has 0 bridgehead atoms. The Hall–Kier alpha value is -1.62. The molecule has 0 saturated heterocycles. The predicted molar refractivity (Wildman–Crippen MR) is 69.7 cm³/mol. The number of fused-ring (bicyclic) bond motifs is 1. The third kappa shape index (κ3) is 1.98. The number of aryl methyl sites for hydroxylation is 1. The van der Waals surface area contributed by atoms with E-state index in [4.69, 9.17) is 0 Å². The molecule has 0 saturated carbocycles. The fourth-order valence-electron chi connectivity index (χ4n) is 1.95. The first kappa shape index (κ1) is 10.5. The Labute approximate surface area is 107 Å². The van der Waals surface area contributed by atoms with E-state index < -0.39 is 0 Å². The fourth-order valence-corrected chi connectivity index (χ4v) is 2.33. The van der Waals surface area contributed by atoms with E-state index in [9.17, 15) is 0 Å². The summed E-state index contributed by atoms with van der Waals surface area (Å²) in [6.45, 7) is 0.749. The first-order valence-electron chi connectivity index (χ1n) is 5.32. The molecule has 1 aromatic carbocycles. The summed E-state index contributed by atoms with van der Waals surface area (Å²) in [4.78, 5) is 0. The lowest BCUT2D eigenvalue weighted by Crippen LogP contribution is -1.97. The quantitative estimate of drug-likeness (QED) is 0.727. The van der Waals surface area contributed by atoms with Gasteiger partial charge in [0.15, 0.2) is 0 Å². The van der Waals surface area contributed by atoms with E-state index in [2.05, 4.69) is 61.3 Å². The Morgan fingerprint density at radius 1 is 1.29 bits per heavy atom. The molecule has 2 heterocycles. The monoisotopic (exact) mass is 290 g/mol. The highest BCUT2D eigenvalue weighted by molar-refractivity contribution is 9.10. The largest absolute Gasteiger partial charge is 0.341 e. The molecule has 0 spiro atoms. The zero-order valence-corrected chi connectivity index (χ0v) is 10.9. The van der Waals surface area contributed by atoms with Gasteiger partial charge in [-0.1, -0.05) is 21.1 Å². The maximum Gasteiger partial charge on any atom is 0.102 e. The molecule has 0 aliphatic heterocycles. The van der Waals surface area contributed by atoms with Crippen LogP contribution in [0.3, 0.4) is 0 Å². The average molecular weight is 291 g/mol. The van der Waals surface area contributed by atoms with Crippen LogP contribution in [-0.2, 0) is 13.6 Å². The van der Waals surface area contributed by atoms with Gasteiger partial charge in [-0.2, -0.15) is 0 Å². The van der Waals surface area contributed by atoms with Crippen molar-refractivity contribution < 1.29 is 0 Å². The summed E-state index contributed by atoms with van der Waals surface area (Å²) >= 11 is 3.48. The Balaban J connectivity index is 2.00. The molecule has 3 rings (SSSR count). The summed E-state index contributed by atoms with van der Waals surface area (Å²) in [5, 5.41) is 9.26. The van der Waals surface area contributed by atoms with Crippen molar-refractivity contribution in [2.45, 2.75) is 6.54 Å². The lowest BCUT2D eigenvalue weighted by Gasteiger charge is -2.02. The lowest BCUT2D eigenvalue weighted by atomic mass is 10.2. The molecule has 0 aliphatic carbocycles. The molecular weight excluding hydrogens is 280 g/mol. The van der Waals surface area contributed by atoms with Crippen LogP contribution in [0.15, 0.2) is 41.1 Å². The topological polar surface area (TPSA) is 35.6 Å². The van der Waals surface area contributed by atoms with Gasteiger partial charge >= 0.3 is 0 Å². The second-order valence-electron chi connectivity index (χ2n) is 4.03. The highest BCUT2D eigenvalue weighted by Crippen LogP contribution is 2.21. The predicted octanol–water partition coefficient (Wildman–Crippen LogP) is 2.58. The maximum atomic E-state index is 4.10.